The minimum Gasteiger partial charge on any atom is -0.398 e. The molecule has 0 unspecified atom stereocenters. The lowest BCUT2D eigenvalue weighted by molar-refractivity contribution is 0.412. The maximum Gasteiger partial charge on any atom is 0.243 e. The average molecular weight is 289 g/mol. The number of benzene rings is 1. The lowest BCUT2D eigenvalue weighted by Gasteiger charge is -2.20. The van der Waals surface area contributed by atoms with Crippen LogP contribution in [0.25, 0.3) is 0 Å². The molecule has 6 heteroatoms. The van der Waals surface area contributed by atoms with Crippen molar-refractivity contribution >= 4 is 27.3 Å². The Kier molecular flexibility index (Phi) is 3.84. The fourth-order valence-corrected chi connectivity index (χ4v) is 3.60. The summed E-state index contributed by atoms with van der Waals surface area (Å²) < 4.78 is 26.3. The number of hydrogen-bond acceptors (Lipinski definition) is 3. The van der Waals surface area contributed by atoms with Crippen LogP contribution in [0, 0.1) is 5.92 Å². The van der Waals surface area contributed by atoms with Crippen LogP contribution in [0.5, 0.6) is 0 Å². The second-order valence-electron chi connectivity index (χ2n) is 4.58. The van der Waals surface area contributed by atoms with Crippen molar-refractivity contribution in [1.82, 2.24) is 4.31 Å². The molecule has 1 aromatic carbocycles. The van der Waals surface area contributed by atoms with Crippen LogP contribution in [0.3, 0.4) is 0 Å². The molecule has 2 N–H and O–H groups in total. The molecule has 1 aliphatic rings. The number of nitrogens with two attached hydrogens (primary N) is 1. The van der Waals surface area contributed by atoms with E-state index in [0.29, 0.717) is 24.7 Å². The second-order valence-corrected chi connectivity index (χ2v) is 6.93. The smallest absolute Gasteiger partial charge is 0.243 e. The van der Waals surface area contributed by atoms with Gasteiger partial charge in [0, 0.05) is 13.1 Å². The van der Waals surface area contributed by atoms with Gasteiger partial charge in [0.1, 0.15) is 0 Å². The summed E-state index contributed by atoms with van der Waals surface area (Å²) >= 11 is 5.88. The number of rotatable bonds is 5. The molecule has 0 spiro atoms. The number of nitrogens with zero attached hydrogens (tertiary/aromatic N) is 1. The SMILES string of the molecule is CCN(CC1CC1)S(=O)(=O)c1ccc(N)c(Cl)c1. The minimum absolute atomic E-state index is 0.212. The van der Waals surface area contributed by atoms with Gasteiger partial charge >= 0.3 is 0 Å². The Balaban J connectivity index is 2.29. The molecular formula is C12H17ClN2O2S. The van der Waals surface area contributed by atoms with Crippen molar-refractivity contribution in [2.75, 3.05) is 18.8 Å². The van der Waals surface area contributed by atoms with Gasteiger partial charge in [0.25, 0.3) is 0 Å². The highest BCUT2D eigenvalue weighted by Crippen LogP contribution is 2.32. The minimum atomic E-state index is -3.45. The maximum absolute atomic E-state index is 12.4. The summed E-state index contributed by atoms with van der Waals surface area (Å²) in [6.07, 6.45) is 2.24. The Morgan fingerprint density at radius 1 is 1.44 bits per heavy atom. The van der Waals surface area contributed by atoms with Gasteiger partial charge in [0.15, 0.2) is 0 Å². The summed E-state index contributed by atoms with van der Waals surface area (Å²) in [5, 5.41) is 0.276. The number of anilines is 1. The van der Waals surface area contributed by atoms with E-state index in [9.17, 15) is 8.42 Å². The van der Waals surface area contributed by atoms with Crippen LogP contribution >= 0.6 is 11.6 Å². The van der Waals surface area contributed by atoms with Crippen LogP contribution in [0.15, 0.2) is 23.1 Å². The van der Waals surface area contributed by atoms with Gasteiger partial charge in [-0.2, -0.15) is 4.31 Å². The second kappa shape index (κ2) is 5.07. The zero-order chi connectivity index (χ0) is 13.3. The van der Waals surface area contributed by atoms with E-state index in [1.807, 2.05) is 6.92 Å². The summed E-state index contributed by atoms with van der Waals surface area (Å²) in [7, 11) is -3.45. The first-order chi connectivity index (χ1) is 8.45. The fraction of sp³-hybridized carbons (Fsp3) is 0.500. The van der Waals surface area contributed by atoms with Crippen molar-refractivity contribution < 1.29 is 8.42 Å². The molecule has 0 heterocycles. The Labute approximate surface area is 113 Å². The van der Waals surface area contributed by atoms with Gasteiger partial charge < -0.3 is 5.73 Å². The fourth-order valence-electron chi connectivity index (χ4n) is 1.80. The van der Waals surface area contributed by atoms with E-state index in [-0.39, 0.29) is 9.92 Å². The third-order valence-electron chi connectivity index (χ3n) is 3.12. The van der Waals surface area contributed by atoms with E-state index in [1.165, 1.54) is 22.5 Å². The van der Waals surface area contributed by atoms with Gasteiger partial charge in [-0.15, -0.1) is 0 Å². The zero-order valence-corrected chi connectivity index (χ0v) is 11.8. The van der Waals surface area contributed by atoms with E-state index in [1.54, 1.807) is 0 Å². The molecule has 0 atom stereocenters. The quantitative estimate of drug-likeness (QED) is 0.846. The van der Waals surface area contributed by atoms with E-state index in [4.69, 9.17) is 17.3 Å². The van der Waals surface area contributed by atoms with Gasteiger partial charge in [0.05, 0.1) is 15.6 Å². The largest absolute Gasteiger partial charge is 0.398 e. The predicted octanol–water partition coefficient (Wildman–Crippen LogP) is 2.34. The van der Waals surface area contributed by atoms with Crippen LogP contribution < -0.4 is 5.73 Å². The molecule has 4 nitrogen and oxygen atoms in total. The molecular weight excluding hydrogens is 272 g/mol. The summed E-state index contributed by atoms with van der Waals surface area (Å²) in [6.45, 7) is 2.92. The van der Waals surface area contributed by atoms with E-state index in [0.717, 1.165) is 12.8 Å². The van der Waals surface area contributed by atoms with Crippen molar-refractivity contribution in [1.29, 1.82) is 0 Å². The van der Waals surface area contributed by atoms with E-state index >= 15 is 0 Å². The van der Waals surface area contributed by atoms with Crippen LogP contribution in [0.1, 0.15) is 19.8 Å². The zero-order valence-electron chi connectivity index (χ0n) is 10.3. The van der Waals surface area contributed by atoms with Gasteiger partial charge in [-0.3, -0.25) is 0 Å². The van der Waals surface area contributed by atoms with Crippen molar-refractivity contribution in [2.24, 2.45) is 5.92 Å². The first-order valence-electron chi connectivity index (χ1n) is 6.00. The Morgan fingerprint density at radius 2 is 2.11 bits per heavy atom. The van der Waals surface area contributed by atoms with Crippen molar-refractivity contribution in [3.8, 4) is 0 Å². The molecule has 0 amide bonds. The Morgan fingerprint density at radius 3 is 2.61 bits per heavy atom. The number of sulfonamides is 1. The van der Waals surface area contributed by atoms with Gasteiger partial charge in [0.2, 0.25) is 10.0 Å². The summed E-state index contributed by atoms with van der Waals surface area (Å²) in [6, 6.07) is 4.45. The Bertz CT molecular complexity index is 541. The van der Waals surface area contributed by atoms with Crippen LogP contribution in [-0.2, 0) is 10.0 Å². The molecule has 0 saturated heterocycles. The third-order valence-corrected chi connectivity index (χ3v) is 5.39. The van der Waals surface area contributed by atoms with Crippen molar-refractivity contribution in [3.05, 3.63) is 23.2 Å². The molecule has 18 heavy (non-hydrogen) atoms. The first kappa shape index (κ1) is 13.6. The topological polar surface area (TPSA) is 63.4 Å². The number of halogens is 1. The van der Waals surface area contributed by atoms with E-state index < -0.39 is 10.0 Å². The number of hydrogen-bond donors (Lipinski definition) is 1. The first-order valence-corrected chi connectivity index (χ1v) is 7.82. The van der Waals surface area contributed by atoms with Gasteiger partial charge in [-0.25, -0.2) is 8.42 Å². The molecule has 1 fully saturated rings. The standard InChI is InChI=1S/C12H17ClN2O2S/c1-2-15(8-9-3-4-9)18(16,17)10-5-6-12(14)11(13)7-10/h5-7,9H,2-4,8,14H2,1H3. The molecule has 100 valence electrons. The molecule has 0 bridgehead atoms. The van der Waals surface area contributed by atoms with Gasteiger partial charge in [-0.05, 0) is 37.0 Å². The maximum atomic E-state index is 12.4. The molecule has 0 aromatic heterocycles. The van der Waals surface area contributed by atoms with Crippen LogP contribution in [-0.4, -0.2) is 25.8 Å². The average Bonchev–Trinajstić information content (AvgIpc) is 3.13. The highest BCUT2D eigenvalue weighted by molar-refractivity contribution is 7.89. The molecule has 2 rings (SSSR count). The normalized spacial score (nSPS) is 16.2. The number of nitrogen functional groups attached to an aromatic ring is 1. The molecule has 1 aromatic rings. The van der Waals surface area contributed by atoms with Crippen LogP contribution in [0.4, 0.5) is 5.69 Å². The highest BCUT2D eigenvalue weighted by Gasteiger charge is 2.30. The van der Waals surface area contributed by atoms with Crippen molar-refractivity contribution in [2.45, 2.75) is 24.7 Å². The summed E-state index contributed by atoms with van der Waals surface area (Å²) in [5.41, 5.74) is 5.98. The Hall–Kier alpha value is -0.780. The third kappa shape index (κ3) is 2.79. The molecule has 0 radical (unpaired) electrons. The monoisotopic (exact) mass is 288 g/mol. The lowest BCUT2D eigenvalue weighted by Crippen LogP contribution is -2.32. The highest BCUT2D eigenvalue weighted by atomic mass is 35.5. The van der Waals surface area contributed by atoms with Gasteiger partial charge in [-0.1, -0.05) is 18.5 Å². The molecule has 1 saturated carbocycles. The van der Waals surface area contributed by atoms with Crippen molar-refractivity contribution in [3.63, 3.8) is 0 Å². The molecule has 0 aliphatic heterocycles. The van der Waals surface area contributed by atoms with E-state index in [2.05, 4.69) is 0 Å². The van der Waals surface area contributed by atoms with Crippen LogP contribution in [0.2, 0.25) is 5.02 Å². The lowest BCUT2D eigenvalue weighted by atomic mass is 10.3. The molecule has 1 aliphatic carbocycles. The summed E-state index contributed by atoms with van der Waals surface area (Å²) in [4.78, 5) is 0.212. The predicted molar refractivity (Wildman–Crippen MR) is 73.0 cm³/mol. The summed E-state index contributed by atoms with van der Waals surface area (Å²) in [5.74, 6) is 0.518.